The van der Waals surface area contributed by atoms with E-state index in [0.717, 1.165) is 22.9 Å². The summed E-state index contributed by atoms with van der Waals surface area (Å²) in [6, 6.07) is 8.01. The minimum Gasteiger partial charge on any atom is -0.388 e. The molecule has 0 aromatic heterocycles. The highest BCUT2D eigenvalue weighted by atomic mass is 79.9. The van der Waals surface area contributed by atoms with Gasteiger partial charge < -0.3 is 5.11 Å². The Kier molecular flexibility index (Phi) is 4.12. The molecule has 1 saturated heterocycles. The van der Waals surface area contributed by atoms with Crippen molar-refractivity contribution in [1.82, 2.24) is 0 Å². The van der Waals surface area contributed by atoms with E-state index in [1.165, 1.54) is 11.5 Å². The van der Waals surface area contributed by atoms with Gasteiger partial charge in [0.25, 0.3) is 0 Å². The molecule has 2 rings (SSSR count). The second-order valence-corrected chi connectivity index (χ2v) is 6.09. The van der Waals surface area contributed by atoms with Gasteiger partial charge in [-0.05, 0) is 48.0 Å². The molecule has 15 heavy (non-hydrogen) atoms. The van der Waals surface area contributed by atoms with Crippen LogP contribution in [0.4, 0.5) is 0 Å². The van der Waals surface area contributed by atoms with E-state index < -0.39 is 0 Å². The summed E-state index contributed by atoms with van der Waals surface area (Å²) in [6.45, 7) is 0. The van der Waals surface area contributed by atoms with Crippen LogP contribution in [-0.2, 0) is 0 Å². The predicted molar refractivity (Wildman–Crippen MR) is 69.2 cm³/mol. The van der Waals surface area contributed by atoms with E-state index in [0.29, 0.717) is 5.92 Å². The fourth-order valence-electron chi connectivity index (χ4n) is 1.99. The first-order valence-corrected chi connectivity index (χ1v) is 7.23. The van der Waals surface area contributed by atoms with Gasteiger partial charge in [0.05, 0.1) is 6.10 Å². The van der Waals surface area contributed by atoms with Crippen molar-refractivity contribution in [1.29, 1.82) is 0 Å². The highest BCUT2D eigenvalue weighted by molar-refractivity contribution is 9.10. The van der Waals surface area contributed by atoms with E-state index in [4.69, 9.17) is 0 Å². The molecule has 1 N–H and O–H groups in total. The number of aliphatic hydroxyl groups excluding tert-OH is 1. The lowest BCUT2D eigenvalue weighted by atomic mass is 9.91. The van der Waals surface area contributed by atoms with Gasteiger partial charge in [-0.1, -0.05) is 28.1 Å². The maximum absolute atomic E-state index is 10.2. The molecular weight excluding hydrogens is 272 g/mol. The number of hydrogen-bond acceptors (Lipinski definition) is 2. The summed E-state index contributed by atoms with van der Waals surface area (Å²) in [6.07, 6.45) is 1.99. The molecule has 1 fully saturated rings. The molecule has 1 aromatic rings. The van der Waals surface area contributed by atoms with Gasteiger partial charge in [-0.3, -0.25) is 0 Å². The lowest BCUT2D eigenvalue weighted by Crippen LogP contribution is -2.18. The average Bonchev–Trinajstić information content (AvgIpc) is 2.29. The molecule has 1 heterocycles. The topological polar surface area (TPSA) is 20.2 Å². The number of rotatable bonds is 2. The number of halogens is 1. The summed E-state index contributed by atoms with van der Waals surface area (Å²) in [7, 11) is 0. The van der Waals surface area contributed by atoms with Gasteiger partial charge in [-0.25, -0.2) is 0 Å². The van der Waals surface area contributed by atoms with Gasteiger partial charge in [-0.15, -0.1) is 0 Å². The van der Waals surface area contributed by atoms with Crippen LogP contribution in [0, 0.1) is 5.92 Å². The highest BCUT2D eigenvalue weighted by Crippen LogP contribution is 2.33. The fourth-order valence-corrected chi connectivity index (χ4v) is 3.55. The van der Waals surface area contributed by atoms with Crippen molar-refractivity contribution in [2.24, 2.45) is 5.92 Å². The monoisotopic (exact) mass is 286 g/mol. The molecule has 1 nitrogen and oxygen atoms in total. The predicted octanol–water partition coefficient (Wildman–Crippen LogP) is 3.63. The summed E-state index contributed by atoms with van der Waals surface area (Å²) in [4.78, 5) is 0. The number of aliphatic hydroxyl groups is 1. The van der Waals surface area contributed by atoms with E-state index >= 15 is 0 Å². The zero-order valence-electron chi connectivity index (χ0n) is 8.53. The lowest BCUT2D eigenvalue weighted by Gasteiger charge is -2.26. The Morgan fingerprint density at radius 2 is 2.07 bits per heavy atom. The molecule has 0 unspecified atom stereocenters. The molecule has 0 saturated carbocycles. The van der Waals surface area contributed by atoms with Crippen molar-refractivity contribution >= 4 is 27.7 Å². The van der Waals surface area contributed by atoms with Crippen molar-refractivity contribution in [3.8, 4) is 0 Å². The van der Waals surface area contributed by atoms with Crippen LogP contribution in [0.3, 0.4) is 0 Å². The van der Waals surface area contributed by atoms with E-state index in [-0.39, 0.29) is 6.10 Å². The summed E-state index contributed by atoms with van der Waals surface area (Å²) < 4.78 is 1.05. The standard InChI is InChI=1S/C12H15BrOS/c13-11-3-1-2-10(8-11)12(14)9-4-6-15-7-5-9/h1-3,8-9,12,14H,4-7H2/t12-/m0/s1. The first-order valence-electron chi connectivity index (χ1n) is 5.28. The van der Waals surface area contributed by atoms with Crippen LogP contribution in [0.25, 0.3) is 0 Å². The van der Waals surface area contributed by atoms with Crippen LogP contribution in [0.1, 0.15) is 24.5 Å². The van der Waals surface area contributed by atoms with Crippen LogP contribution in [-0.4, -0.2) is 16.6 Å². The number of hydrogen-bond donors (Lipinski definition) is 1. The molecule has 0 aliphatic carbocycles. The van der Waals surface area contributed by atoms with Crippen LogP contribution in [0.15, 0.2) is 28.7 Å². The van der Waals surface area contributed by atoms with E-state index in [9.17, 15) is 5.11 Å². The minimum atomic E-state index is -0.289. The Bertz CT molecular complexity index is 323. The van der Waals surface area contributed by atoms with Crippen LogP contribution in [0.2, 0.25) is 0 Å². The molecule has 0 amide bonds. The number of thioether (sulfide) groups is 1. The van der Waals surface area contributed by atoms with Gasteiger partial charge in [0.2, 0.25) is 0 Å². The summed E-state index contributed by atoms with van der Waals surface area (Å²) in [5, 5.41) is 10.2. The smallest absolute Gasteiger partial charge is 0.0819 e. The van der Waals surface area contributed by atoms with E-state index in [2.05, 4.69) is 15.9 Å². The average molecular weight is 287 g/mol. The molecule has 1 atom stereocenters. The third-order valence-electron chi connectivity index (χ3n) is 2.90. The third kappa shape index (κ3) is 2.99. The van der Waals surface area contributed by atoms with Crippen molar-refractivity contribution in [2.45, 2.75) is 18.9 Å². The largest absolute Gasteiger partial charge is 0.388 e. The summed E-state index contributed by atoms with van der Waals surface area (Å²) in [5.74, 6) is 2.83. The fraction of sp³-hybridized carbons (Fsp3) is 0.500. The van der Waals surface area contributed by atoms with Gasteiger partial charge in [0.1, 0.15) is 0 Å². The molecule has 3 heteroatoms. The maximum Gasteiger partial charge on any atom is 0.0819 e. The lowest BCUT2D eigenvalue weighted by molar-refractivity contribution is 0.103. The Morgan fingerprint density at radius 1 is 1.33 bits per heavy atom. The Labute approximate surface area is 103 Å². The second kappa shape index (κ2) is 5.37. The van der Waals surface area contributed by atoms with Crippen molar-refractivity contribution in [2.75, 3.05) is 11.5 Å². The molecule has 0 spiro atoms. The normalized spacial score (nSPS) is 20.1. The van der Waals surface area contributed by atoms with Gasteiger partial charge in [0.15, 0.2) is 0 Å². The van der Waals surface area contributed by atoms with Crippen molar-refractivity contribution in [3.05, 3.63) is 34.3 Å². The summed E-state index contributed by atoms with van der Waals surface area (Å²) in [5.41, 5.74) is 1.04. The van der Waals surface area contributed by atoms with Gasteiger partial charge >= 0.3 is 0 Å². The zero-order valence-corrected chi connectivity index (χ0v) is 10.9. The second-order valence-electron chi connectivity index (χ2n) is 3.95. The molecule has 1 aliphatic heterocycles. The van der Waals surface area contributed by atoms with Crippen molar-refractivity contribution < 1.29 is 5.11 Å². The quantitative estimate of drug-likeness (QED) is 0.896. The SMILES string of the molecule is O[C@H](c1cccc(Br)c1)C1CCSCC1. The minimum absolute atomic E-state index is 0.289. The molecule has 0 bridgehead atoms. The highest BCUT2D eigenvalue weighted by Gasteiger charge is 2.23. The Hall–Kier alpha value is 0.01000. The van der Waals surface area contributed by atoms with E-state index in [1.54, 1.807) is 0 Å². The zero-order chi connectivity index (χ0) is 10.7. The van der Waals surface area contributed by atoms with Crippen LogP contribution < -0.4 is 0 Å². The summed E-state index contributed by atoms with van der Waals surface area (Å²) >= 11 is 5.43. The first-order chi connectivity index (χ1) is 7.27. The molecule has 82 valence electrons. The molecule has 0 radical (unpaired) electrons. The van der Waals surface area contributed by atoms with Crippen molar-refractivity contribution in [3.63, 3.8) is 0 Å². The van der Waals surface area contributed by atoms with Gasteiger partial charge in [0, 0.05) is 4.47 Å². The number of benzene rings is 1. The molecule has 1 aromatic carbocycles. The first kappa shape index (κ1) is 11.5. The third-order valence-corrected chi connectivity index (χ3v) is 4.44. The van der Waals surface area contributed by atoms with Crippen LogP contribution >= 0.6 is 27.7 Å². The maximum atomic E-state index is 10.2. The Balaban J connectivity index is 2.08. The molecule has 1 aliphatic rings. The molecular formula is C12H15BrOS. The van der Waals surface area contributed by atoms with Crippen LogP contribution in [0.5, 0.6) is 0 Å². The van der Waals surface area contributed by atoms with Gasteiger partial charge in [-0.2, -0.15) is 11.8 Å². The van der Waals surface area contributed by atoms with E-state index in [1.807, 2.05) is 36.0 Å². The Morgan fingerprint density at radius 3 is 2.73 bits per heavy atom.